The molecule has 2 heterocycles. The van der Waals surface area contributed by atoms with Crippen molar-refractivity contribution in [1.29, 1.82) is 0 Å². The van der Waals surface area contributed by atoms with Gasteiger partial charge in [-0.15, -0.1) is 5.10 Å². The van der Waals surface area contributed by atoms with Gasteiger partial charge >= 0.3 is 11.9 Å². The zero-order valence-electron chi connectivity index (χ0n) is 29.9. The molecule has 0 aliphatic carbocycles. The number of ketones is 1. The number of carboxylic acids is 2. The number of carbonyl (C=O) groups is 3. The molecular formula is C38H46N4O8S. The van der Waals surface area contributed by atoms with Gasteiger partial charge in [0.1, 0.15) is 28.0 Å². The summed E-state index contributed by atoms with van der Waals surface area (Å²) >= 11 is 0. The van der Waals surface area contributed by atoms with E-state index in [2.05, 4.69) is 10.3 Å². The van der Waals surface area contributed by atoms with Gasteiger partial charge in [0.15, 0.2) is 0 Å². The molecule has 0 bridgehead atoms. The SMILES string of the molecule is CC[C@@H]1CN(Cc2cc([C@@H](c3ccc4c(nnn4CC)c3C)C(C)(C)C(=O)C[C@H](CCC(=O)O)C(=O)O)ccc2C)S(=O)(=O)c2ccccc2O1. The summed E-state index contributed by atoms with van der Waals surface area (Å²) in [6, 6.07) is 16.3. The van der Waals surface area contributed by atoms with E-state index in [9.17, 15) is 33.0 Å². The van der Waals surface area contributed by atoms with Crippen LogP contribution >= 0.6 is 0 Å². The van der Waals surface area contributed by atoms with Crippen molar-refractivity contribution < 1.29 is 37.8 Å². The molecule has 51 heavy (non-hydrogen) atoms. The van der Waals surface area contributed by atoms with Crippen LogP contribution in [0, 0.1) is 25.2 Å². The highest BCUT2D eigenvalue weighted by Crippen LogP contribution is 2.46. The molecule has 3 atom stereocenters. The number of benzene rings is 3. The first-order valence-electron chi connectivity index (χ1n) is 17.3. The summed E-state index contributed by atoms with van der Waals surface area (Å²) in [5, 5.41) is 27.9. The number of para-hydroxylation sites is 1. The van der Waals surface area contributed by atoms with E-state index in [1.54, 1.807) is 42.8 Å². The van der Waals surface area contributed by atoms with Crippen molar-refractivity contribution in [2.45, 2.75) is 97.2 Å². The number of carbonyl (C=O) groups excluding carboxylic acids is 1. The number of hydrogen-bond donors (Lipinski definition) is 2. The smallest absolute Gasteiger partial charge is 0.306 e. The van der Waals surface area contributed by atoms with Gasteiger partial charge in [0.25, 0.3) is 0 Å². The quantitative estimate of drug-likeness (QED) is 0.155. The highest BCUT2D eigenvalue weighted by molar-refractivity contribution is 7.89. The fourth-order valence-corrected chi connectivity index (χ4v) is 8.58. The number of carboxylic acid groups (broad SMARTS) is 2. The number of aryl methyl sites for hydroxylation is 3. The van der Waals surface area contributed by atoms with Crippen LogP contribution in [0.2, 0.25) is 0 Å². The number of sulfonamides is 1. The summed E-state index contributed by atoms with van der Waals surface area (Å²) in [4.78, 5) is 37.8. The van der Waals surface area contributed by atoms with Crippen molar-refractivity contribution >= 4 is 38.8 Å². The minimum absolute atomic E-state index is 0.0659. The third-order valence-electron chi connectivity index (χ3n) is 10.2. The largest absolute Gasteiger partial charge is 0.488 e. The van der Waals surface area contributed by atoms with Crippen LogP contribution in [0.25, 0.3) is 11.0 Å². The minimum atomic E-state index is -3.93. The van der Waals surface area contributed by atoms with Gasteiger partial charge in [-0.05, 0) is 79.6 Å². The van der Waals surface area contributed by atoms with E-state index in [4.69, 9.17) is 4.74 Å². The zero-order valence-corrected chi connectivity index (χ0v) is 30.7. The Hall–Kier alpha value is -4.62. The predicted molar refractivity (Wildman–Crippen MR) is 191 cm³/mol. The van der Waals surface area contributed by atoms with Crippen LogP contribution in [0.15, 0.2) is 59.5 Å². The molecule has 1 aliphatic heterocycles. The molecule has 12 nitrogen and oxygen atoms in total. The van der Waals surface area contributed by atoms with Crippen LogP contribution in [-0.4, -0.2) is 68.3 Å². The Morgan fingerprint density at radius 1 is 1.04 bits per heavy atom. The standard InChI is InChI=1S/C38H46N4O8S/c1-7-28-22-41(51(48,49)32-12-10-9-11-31(32)50-28)21-27-19-25(14-13-23(27)3)35(29-16-17-30-36(24(29)4)39-40-42(30)8-2)38(5,6)33(43)20-26(37(46)47)15-18-34(44)45/h9-14,16-17,19,26,28,35H,7-8,15,18,20-22H2,1-6H3,(H,44,45)(H,46,47)/t26-,28+,35-/m0/s1. The summed E-state index contributed by atoms with van der Waals surface area (Å²) in [5.41, 5.74) is 4.30. The fourth-order valence-electron chi connectivity index (χ4n) is 7.01. The van der Waals surface area contributed by atoms with E-state index >= 15 is 0 Å². The molecule has 4 aromatic rings. The number of hydrogen-bond acceptors (Lipinski definition) is 8. The first-order valence-corrected chi connectivity index (χ1v) is 18.7. The molecule has 13 heteroatoms. The van der Waals surface area contributed by atoms with E-state index in [1.165, 1.54) is 4.31 Å². The molecule has 5 rings (SSSR count). The summed E-state index contributed by atoms with van der Waals surface area (Å²) < 4.78 is 37.4. The lowest BCUT2D eigenvalue weighted by atomic mass is 9.66. The van der Waals surface area contributed by atoms with Gasteiger partial charge < -0.3 is 14.9 Å². The lowest BCUT2D eigenvalue weighted by Gasteiger charge is -2.36. The van der Waals surface area contributed by atoms with Crippen LogP contribution < -0.4 is 4.74 Å². The van der Waals surface area contributed by atoms with E-state index in [0.717, 1.165) is 33.3 Å². The number of Topliss-reactive ketones (excluding diaryl/α,β-unsaturated/α-hetero) is 1. The zero-order chi connectivity index (χ0) is 37.2. The predicted octanol–water partition coefficient (Wildman–Crippen LogP) is 6.11. The molecule has 1 aromatic heterocycles. The molecule has 1 aliphatic rings. The van der Waals surface area contributed by atoms with Gasteiger partial charge in [0, 0.05) is 37.3 Å². The molecule has 0 saturated carbocycles. The fraction of sp³-hybridized carbons (Fsp3) is 0.447. The van der Waals surface area contributed by atoms with Crippen molar-refractivity contribution in [3.63, 3.8) is 0 Å². The van der Waals surface area contributed by atoms with E-state index in [1.807, 2.05) is 58.0 Å². The van der Waals surface area contributed by atoms with Gasteiger partial charge in [-0.2, -0.15) is 4.31 Å². The van der Waals surface area contributed by atoms with Crippen molar-refractivity contribution in [2.24, 2.45) is 11.3 Å². The summed E-state index contributed by atoms with van der Waals surface area (Å²) in [6.45, 7) is 12.2. The Labute approximate surface area is 298 Å². The van der Waals surface area contributed by atoms with Crippen molar-refractivity contribution in [1.82, 2.24) is 19.3 Å². The van der Waals surface area contributed by atoms with Gasteiger partial charge in [0.2, 0.25) is 10.0 Å². The minimum Gasteiger partial charge on any atom is -0.488 e. The molecule has 0 radical (unpaired) electrons. The molecule has 0 fully saturated rings. The van der Waals surface area contributed by atoms with Crippen molar-refractivity contribution in [3.8, 4) is 5.75 Å². The third-order valence-corrected chi connectivity index (χ3v) is 12.0. The van der Waals surface area contributed by atoms with Crippen molar-refractivity contribution in [2.75, 3.05) is 6.54 Å². The van der Waals surface area contributed by atoms with Gasteiger partial charge in [-0.1, -0.05) is 62.4 Å². The topological polar surface area (TPSA) is 169 Å². The van der Waals surface area contributed by atoms with E-state index in [0.29, 0.717) is 24.2 Å². The average molecular weight is 719 g/mol. The Kier molecular flexibility index (Phi) is 11.0. The molecule has 0 saturated heterocycles. The second-order valence-electron chi connectivity index (χ2n) is 13.9. The molecule has 3 aromatic carbocycles. The average Bonchev–Trinajstić information content (AvgIpc) is 3.47. The molecule has 0 amide bonds. The number of rotatable bonds is 14. The van der Waals surface area contributed by atoms with Crippen LogP contribution in [0.1, 0.15) is 87.1 Å². The van der Waals surface area contributed by atoms with Gasteiger partial charge in [-0.3, -0.25) is 14.4 Å². The lowest BCUT2D eigenvalue weighted by molar-refractivity contribution is -0.146. The molecule has 0 spiro atoms. The normalized spacial score (nSPS) is 17.3. The number of aliphatic carboxylic acids is 2. The van der Waals surface area contributed by atoms with Gasteiger partial charge in [-0.25, -0.2) is 13.1 Å². The number of ether oxygens (including phenoxy) is 1. The van der Waals surface area contributed by atoms with E-state index < -0.39 is 39.2 Å². The monoisotopic (exact) mass is 718 g/mol. The number of nitrogens with zero attached hydrogens (tertiary/aromatic N) is 4. The Morgan fingerprint density at radius 2 is 1.76 bits per heavy atom. The van der Waals surface area contributed by atoms with Crippen LogP contribution in [-0.2, 0) is 37.5 Å². The molecular weight excluding hydrogens is 673 g/mol. The highest BCUT2D eigenvalue weighted by atomic mass is 32.2. The summed E-state index contributed by atoms with van der Waals surface area (Å²) in [7, 11) is -3.93. The molecule has 272 valence electrons. The van der Waals surface area contributed by atoms with Gasteiger partial charge in [0.05, 0.1) is 18.0 Å². The summed E-state index contributed by atoms with van der Waals surface area (Å²) in [6.07, 6.45) is -0.641. The van der Waals surface area contributed by atoms with Crippen LogP contribution in [0.5, 0.6) is 5.75 Å². The Bertz CT molecular complexity index is 2070. The number of aromatic nitrogens is 3. The van der Waals surface area contributed by atoms with Crippen LogP contribution in [0.4, 0.5) is 0 Å². The second-order valence-corrected chi connectivity index (χ2v) is 15.8. The maximum atomic E-state index is 14.3. The van der Waals surface area contributed by atoms with E-state index in [-0.39, 0.29) is 49.1 Å². The molecule has 2 N–H and O–H groups in total. The maximum Gasteiger partial charge on any atom is 0.306 e. The molecule has 0 unspecified atom stereocenters. The first-order chi connectivity index (χ1) is 24.1. The summed E-state index contributed by atoms with van der Waals surface area (Å²) in [5.74, 6) is -4.14. The lowest BCUT2D eigenvalue weighted by Crippen LogP contribution is -2.37. The maximum absolute atomic E-state index is 14.3. The first kappa shape index (κ1) is 37.6. The Balaban J connectivity index is 1.62. The highest BCUT2D eigenvalue weighted by Gasteiger charge is 2.42. The third kappa shape index (κ3) is 7.55. The Morgan fingerprint density at radius 3 is 2.43 bits per heavy atom. The van der Waals surface area contributed by atoms with Crippen molar-refractivity contribution in [3.05, 3.63) is 82.4 Å². The number of fused-ring (bicyclic) bond motifs is 2. The van der Waals surface area contributed by atoms with Crippen LogP contribution in [0.3, 0.4) is 0 Å². The second kappa shape index (κ2) is 14.9.